The minimum atomic E-state index is -4.49. The summed E-state index contributed by atoms with van der Waals surface area (Å²) in [5.74, 6) is 0.223. The molecule has 1 heterocycles. The maximum Gasteiger partial charge on any atom is 0.416 e. The highest BCUT2D eigenvalue weighted by molar-refractivity contribution is 7.99. The van der Waals surface area contributed by atoms with Gasteiger partial charge >= 0.3 is 6.18 Å². The third kappa shape index (κ3) is 4.62. The van der Waals surface area contributed by atoms with Gasteiger partial charge in [0.15, 0.2) is 11.0 Å². The molecule has 1 aliphatic rings. The molecule has 2 aromatic carbocycles. The van der Waals surface area contributed by atoms with E-state index < -0.39 is 11.7 Å². The fourth-order valence-electron chi connectivity index (χ4n) is 2.86. The van der Waals surface area contributed by atoms with E-state index in [4.69, 9.17) is 11.6 Å². The molecule has 0 aliphatic heterocycles. The zero-order chi connectivity index (χ0) is 21.3. The number of hydrogen-bond acceptors (Lipinski definition) is 4. The Kier molecular flexibility index (Phi) is 5.75. The van der Waals surface area contributed by atoms with Gasteiger partial charge < -0.3 is 5.32 Å². The van der Waals surface area contributed by atoms with E-state index in [0.29, 0.717) is 21.6 Å². The Hall–Kier alpha value is -2.52. The third-order valence-corrected chi connectivity index (χ3v) is 5.71. The van der Waals surface area contributed by atoms with E-state index in [0.717, 1.165) is 36.7 Å². The maximum absolute atomic E-state index is 13.3. The Morgan fingerprint density at radius 2 is 1.93 bits per heavy atom. The number of nitrogens with zero attached hydrogens (tertiary/aromatic N) is 3. The number of halogens is 4. The van der Waals surface area contributed by atoms with Crippen molar-refractivity contribution in [3.8, 4) is 17.1 Å². The van der Waals surface area contributed by atoms with E-state index in [1.54, 1.807) is 24.3 Å². The summed E-state index contributed by atoms with van der Waals surface area (Å²) in [5.41, 5.74) is -0.0329. The molecule has 1 aromatic heterocycles. The molecule has 0 unspecified atom stereocenters. The summed E-state index contributed by atoms with van der Waals surface area (Å²) in [6.45, 7) is 0. The second-order valence-electron chi connectivity index (χ2n) is 6.80. The molecule has 1 amide bonds. The standard InChI is InChI=1S/C20H16ClF3N4OS/c21-16-7-2-1-6-15(16)18-26-27-19(30-11-17(29)25-13-8-9-13)28(18)14-5-3-4-12(10-14)20(22,23)24/h1-7,10,13H,8-9,11H2,(H,25,29). The second-order valence-corrected chi connectivity index (χ2v) is 8.15. The molecule has 4 rings (SSSR count). The summed E-state index contributed by atoms with van der Waals surface area (Å²) >= 11 is 7.40. The van der Waals surface area contributed by atoms with Gasteiger partial charge in [0.1, 0.15) is 0 Å². The molecule has 5 nitrogen and oxygen atoms in total. The Labute approximate surface area is 179 Å². The minimum absolute atomic E-state index is 0.0795. The van der Waals surface area contributed by atoms with Crippen LogP contribution in [0.25, 0.3) is 17.1 Å². The van der Waals surface area contributed by atoms with Gasteiger partial charge in [0.2, 0.25) is 5.91 Å². The van der Waals surface area contributed by atoms with Crippen LogP contribution in [0.5, 0.6) is 0 Å². The largest absolute Gasteiger partial charge is 0.416 e. The average molecular weight is 453 g/mol. The van der Waals surface area contributed by atoms with Gasteiger partial charge in [-0.3, -0.25) is 9.36 Å². The van der Waals surface area contributed by atoms with Crippen molar-refractivity contribution < 1.29 is 18.0 Å². The zero-order valence-electron chi connectivity index (χ0n) is 15.5. The van der Waals surface area contributed by atoms with Crippen LogP contribution in [-0.2, 0) is 11.0 Å². The molecule has 0 saturated heterocycles. The van der Waals surface area contributed by atoms with Crippen LogP contribution in [-0.4, -0.2) is 32.5 Å². The summed E-state index contributed by atoms with van der Waals surface area (Å²) in [6, 6.07) is 12.0. The molecule has 1 N–H and O–H groups in total. The van der Waals surface area contributed by atoms with Gasteiger partial charge in [-0.1, -0.05) is 41.6 Å². The fraction of sp³-hybridized carbons (Fsp3) is 0.250. The number of rotatable bonds is 6. The first-order chi connectivity index (χ1) is 14.3. The zero-order valence-corrected chi connectivity index (χ0v) is 17.1. The number of hydrogen-bond donors (Lipinski definition) is 1. The van der Waals surface area contributed by atoms with Crippen molar-refractivity contribution >= 4 is 29.3 Å². The highest BCUT2D eigenvalue weighted by atomic mass is 35.5. The van der Waals surface area contributed by atoms with Crippen LogP contribution in [0.1, 0.15) is 18.4 Å². The van der Waals surface area contributed by atoms with Crippen LogP contribution in [0.2, 0.25) is 5.02 Å². The molecule has 10 heteroatoms. The van der Waals surface area contributed by atoms with Crippen molar-refractivity contribution in [3.05, 3.63) is 59.1 Å². The van der Waals surface area contributed by atoms with Crippen molar-refractivity contribution in [1.29, 1.82) is 0 Å². The molecule has 0 bridgehead atoms. The lowest BCUT2D eigenvalue weighted by Crippen LogP contribution is -2.27. The van der Waals surface area contributed by atoms with Crippen LogP contribution in [0.3, 0.4) is 0 Å². The molecule has 1 fully saturated rings. The van der Waals surface area contributed by atoms with Gasteiger partial charge in [-0.2, -0.15) is 13.2 Å². The van der Waals surface area contributed by atoms with Crippen molar-refractivity contribution in [2.75, 3.05) is 5.75 Å². The second kappa shape index (κ2) is 8.31. The van der Waals surface area contributed by atoms with E-state index in [9.17, 15) is 18.0 Å². The first kappa shape index (κ1) is 20.7. The van der Waals surface area contributed by atoms with E-state index >= 15 is 0 Å². The van der Waals surface area contributed by atoms with Gasteiger partial charge in [0, 0.05) is 11.6 Å². The van der Waals surface area contributed by atoms with Crippen molar-refractivity contribution in [2.45, 2.75) is 30.2 Å². The lowest BCUT2D eigenvalue weighted by atomic mass is 10.1. The van der Waals surface area contributed by atoms with Crippen LogP contribution in [0.4, 0.5) is 13.2 Å². The number of aromatic nitrogens is 3. The summed E-state index contributed by atoms with van der Waals surface area (Å²) < 4.78 is 41.3. The van der Waals surface area contributed by atoms with E-state index in [2.05, 4.69) is 15.5 Å². The van der Waals surface area contributed by atoms with Gasteiger partial charge in [0.05, 0.1) is 22.0 Å². The monoisotopic (exact) mass is 452 g/mol. The minimum Gasteiger partial charge on any atom is -0.353 e. The molecule has 30 heavy (non-hydrogen) atoms. The fourth-order valence-corrected chi connectivity index (χ4v) is 3.84. The van der Waals surface area contributed by atoms with Crippen LogP contribution < -0.4 is 5.32 Å². The lowest BCUT2D eigenvalue weighted by Gasteiger charge is -2.13. The number of alkyl halides is 3. The summed E-state index contributed by atoms with van der Waals surface area (Å²) in [7, 11) is 0. The molecular formula is C20H16ClF3N4OS. The highest BCUT2D eigenvalue weighted by Gasteiger charge is 2.31. The maximum atomic E-state index is 13.3. The first-order valence-corrected chi connectivity index (χ1v) is 10.5. The van der Waals surface area contributed by atoms with Crippen LogP contribution >= 0.6 is 23.4 Å². The number of carbonyl (C=O) groups is 1. The summed E-state index contributed by atoms with van der Waals surface area (Å²) in [4.78, 5) is 12.1. The summed E-state index contributed by atoms with van der Waals surface area (Å²) in [5, 5.41) is 11.8. The van der Waals surface area contributed by atoms with Crippen LogP contribution in [0.15, 0.2) is 53.7 Å². The number of nitrogens with one attached hydrogen (secondary N) is 1. The molecule has 0 atom stereocenters. The third-order valence-electron chi connectivity index (χ3n) is 4.45. The van der Waals surface area contributed by atoms with Gasteiger partial charge in [-0.15, -0.1) is 10.2 Å². The molecule has 3 aromatic rings. The van der Waals surface area contributed by atoms with Gasteiger partial charge in [-0.05, 0) is 43.2 Å². The number of benzene rings is 2. The van der Waals surface area contributed by atoms with Crippen LogP contribution in [0, 0.1) is 0 Å². The number of thioether (sulfide) groups is 1. The molecular weight excluding hydrogens is 437 g/mol. The molecule has 1 aliphatic carbocycles. The molecule has 0 radical (unpaired) electrons. The van der Waals surface area contributed by atoms with Gasteiger partial charge in [-0.25, -0.2) is 0 Å². The summed E-state index contributed by atoms with van der Waals surface area (Å²) in [6.07, 6.45) is -2.56. The Balaban J connectivity index is 1.74. The van der Waals surface area contributed by atoms with Crippen molar-refractivity contribution in [2.24, 2.45) is 0 Å². The van der Waals surface area contributed by atoms with E-state index in [-0.39, 0.29) is 23.4 Å². The Morgan fingerprint density at radius 1 is 1.17 bits per heavy atom. The van der Waals surface area contributed by atoms with E-state index in [1.807, 2.05) is 0 Å². The van der Waals surface area contributed by atoms with Crippen molar-refractivity contribution in [3.63, 3.8) is 0 Å². The molecule has 156 valence electrons. The first-order valence-electron chi connectivity index (χ1n) is 9.13. The smallest absolute Gasteiger partial charge is 0.353 e. The normalized spacial score (nSPS) is 14.0. The van der Waals surface area contributed by atoms with E-state index in [1.165, 1.54) is 16.7 Å². The predicted molar refractivity (Wildman–Crippen MR) is 109 cm³/mol. The molecule has 1 saturated carbocycles. The lowest BCUT2D eigenvalue weighted by molar-refractivity contribution is -0.137. The van der Waals surface area contributed by atoms with Gasteiger partial charge in [0.25, 0.3) is 0 Å². The highest BCUT2D eigenvalue weighted by Crippen LogP contribution is 2.35. The molecule has 0 spiro atoms. The predicted octanol–water partition coefficient (Wildman–Crippen LogP) is 4.98. The number of carbonyl (C=O) groups excluding carboxylic acids is 1. The Bertz CT molecular complexity index is 1080. The average Bonchev–Trinajstić information content (AvgIpc) is 3.42. The number of amides is 1. The topological polar surface area (TPSA) is 59.8 Å². The van der Waals surface area contributed by atoms with Crippen molar-refractivity contribution in [1.82, 2.24) is 20.1 Å². The quantitative estimate of drug-likeness (QED) is 0.536. The Morgan fingerprint density at radius 3 is 2.63 bits per heavy atom. The SMILES string of the molecule is O=C(CSc1nnc(-c2ccccc2Cl)n1-c1cccc(C(F)(F)F)c1)NC1CC1.